The molecule has 0 aromatic heterocycles. The molecule has 0 N–H and O–H groups in total. The highest BCUT2D eigenvalue weighted by Crippen LogP contribution is 1.61. The van der Waals surface area contributed by atoms with E-state index in [1.807, 2.05) is 6.92 Å². The molecule has 1 heteroatoms. The van der Waals surface area contributed by atoms with Gasteiger partial charge >= 0.3 is 0 Å². The summed E-state index contributed by atoms with van der Waals surface area (Å²) in [5.74, 6) is 0. The third kappa shape index (κ3) is 3.70. The van der Waals surface area contributed by atoms with E-state index in [1.165, 1.54) is 0 Å². The standard InChI is InChI=1S/C4H7O/c1-2-3-4-5/h2-3H,4H2,1H3/b3-2+. The van der Waals surface area contributed by atoms with Crippen LogP contribution in [0.5, 0.6) is 0 Å². The molecule has 0 aliphatic carbocycles. The van der Waals surface area contributed by atoms with Gasteiger partial charge in [0.25, 0.3) is 0 Å². The van der Waals surface area contributed by atoms with Crippen LogP contribution in [0.4, 0.5) is 0 Å². The molecular formula is C4H7O. The first-order valence-corrected chi connectivity index (χ1v) is 1.61. The molecule has 0 aliphatic rings. The number of hydrogen-bond donors (Lipinski definition) is 0. The predicted octanol–water partition coefficient (Wildman–Crippen LogP) is 0.993. The second-order valence-corrected chi connectivity index (χ2v) is 0.736. The fraction of sp³-hybridized carbons (Fsp3) is 0.500. The molecule has 29 valence electrons. The molecule has 0 fully saturated rings. The number of hydrogen-bond acceptors (Lipinski definition) is 0. The van der Waals surface area contributed by atoms with Crippen LogP contribution in [0.2, 0.25) is 0 Å². The Labute approximate surface area is 31.9 Å². The second kappa shape index (κ2) is 3.70. The third-order valence-corrected chi connectivity index (χ3v) is 0.332. The highest BCUT2D eigenvalue weighted by molar-refractivity contribution is 4.74. The molecule has 0 aromatic carbocycles. The Morgan fingerprint density at radius 3 is 2.40 bits per heavy atom. The fourth-order valence-corrected chi connectivity index (χ4v) is 0.0962. The minimum Gasteiger partial charge on any atom is -0.232 e. The molecule has 0 aromatic rings. The molecule has 0 amide bonds. The highest BCUT2D eigenvalue weighted by Gasteiger charge is 1.55. The molecule has 0 rings (SSSR count). The minimum atomic E-state index is -0.0868. The quantitative estimate of drug-likeness (QED) is 0.411. The van der Waals surface area contributed by atoms with Crippen LogP contribution < -0.4 is 0 Å². The van der Waals surface area contributed by atoms with Crippen LogP contribution in [-0.4, -0.2) is 6.61 Å². The topological polar surface area (TPSA) is 19.9 Å². The predicted molar refractivity (Wildman–Crippen MR) is 20.4 cm³/mol. The van der Waals surface area contributed by atoms with Gasteiger partial charge in [-0.3, -0.25) is 0 Å². The van der Waals surface area contributed by atoms with Crippen LogP contribution in [0, 0.1) is 0 Å². The van der Waals surface area contributed by atoms with Crippen molar-refractivity contribution in [1.29, 1.82) is 0 Å². The Bertz CT molecular complexity index is 30.6. The molecule has 0 saturated carbocycles. The van der Waals surface area contributed by atoms with Gasteiger partial charge in [0.2, 0.25) is 0 Å². The van der Waals surface area contributed by atoms with E-state index >= 15 is 0 Å². The monoisotopic (exact) mass is 71.0 g/mol. The smallest absolute Gasteiger partial charge is 0.100 e. The first-order chi connectivity index (χ1) is 2.41. The van der Waals surface area contributed by atoms with E-state index in [4.69, 9.17) is 0 Å². The van der Waals surface area contributed by atoms with Crippen molar-refractivity contribution in [2.24, 2.45) is 0 Å². The Hall–Kier alpha value is -0.300. The molecule has 0 heterocycles. The summed E-state index contributed by atoms with van der Waals surface area (Å²) in [5.41, 5.74) is 0. The minimum absolute atomic E-state index is 0.0868. The molecule has 0 unspecified atom stereocenters. The summed E-state index contributed by atoms with van der Waals surface area (Å²) >= 11 is 0. The van der Waals surface area contributed by atoms with E-state index in [1.54, 1.807) is 12.2 Å². The zero-order chi connectivity index (χ0) is 4.12. The van der Waals surface area contributed by atoms with Crippen molar-refractivity contribution < 1.29 is 5.11 Å². The lowest BCUT2D eigenvalue weighted by Gasteiger charge is -1.62. The average molecular weight is 71.1 g/mol. The summed E-state index contributed by atoms with van der Waals surface area (Å²) < 4.78 is 0. The van der Waals surface area contributed by atoms with Gasteiger partial charge in [-0.15, -0.1) is 0 Å². The largest absolute Gasteiger partial charge is 0.232 e. The van der Waals surface area contributed by atoms with Crippen LogP contribution in [0.15, 0.2) is 12.2 Å². The molecular weight excluding hydrogens is 64.0 g/mol. The van der Waals surface area contributed by atoms with Crippen molar-refractivity contribution in [1.82, 2.24) is 0 Å². The molecule has 0 atom stereocenters. The molecule has 1 nitrogen and oxygen atoms in total. The fourth-order valence-electron chi connectivity index (χ4n) is 0.0962. The van der Waals surface area contributed by atoms with Gasteiger partial charge in [-0.05, 0) is 6.92 Å². The van der Waals surface area contributed by atoms with Crippen LogP contribution in [0.3, 0.4) is 0 Å². The average Bonchev–Trinajstić information content (AvgIpc) is 1.41. The summed E-state index contributed by atoms with van der Waals surface area (Å²) in [4.78, 5) is 0. The molecule has 1 radical (unpaired) electrons. The molecule has 0 aliphatic heterocycles. The maximum atomic E-state index is 9.44. The maximum Gasteiger partial charge on any atom is 0.100 e. The van der Waals surface area contributed by atoms with Gasteiger partial charge < -0.3 is 0 Å². The summed E-state index contributed by atoms with van der Waals surface area (Å²) in [6.07, 6.45) is 3.31. The maximum absolute atomic E-state index is 9.44. The first-order valence-electron chi connectivity index (χ1n) is 1.61. The van der Waals surface area contributed by atoms with Crippen LogP contribution in [0.25, 0.3) is 0 Å². The van der Waals surface area contributed by atoms with Gasteiger partial charge in [0.1, 0.15) is 6.61 Å². The molecule has 0 bridgehead atoms. The van der Waals surface area contributed by atoms with Gasteiger partial charge in [0.15, 0.2) is 0 Å². The molecule has 0 saturated heterocycles. The van der Waals surface area contributed by atoms with Crippen molar-refractivity contribution in [2.45, 2.75) is 6.92 Å². The summed E-state index contributed by atoms with van der Waals surface area (Å²) in [6.45, 7) is 1.74. The molecule has 5 heavy (non-hydrogen) atoms. The lowest BCUT2D eigenvalue weighted by molar-refractivity contribution is 0.232. The van der Waals surface area contributed by atoms with E-state index in [0.29, 0.717) is 0 Å². The second-order valence-electron chi connectivity index (χ2n) is 0.736. The van der Waals surface area contributed by atoms with Crippen molar-refractivity contribution in [3.05, 3.63) is 12.2 Å². The van der Waals surface area contributed by atoms with Crippen LogP contribution in [-0.2, 0) is 5.11 Å². The molecule has 0 spiro atoms. The Morgan fingerprint density at radius 2 is 2.40 bits per heavy atom. The Morgan fingerprint density at radius 1 is 1.80 bits per heavy atom. The van der Waals surface area contributed by atoms with Crippen molar-refractivity contribution in [2.75, 3.05) is 6.61 Å². The lowest BCUT2D eigenvalue weighted by atomic mass is 10.6. The van der Waals surface area contributed by atoms with E-state index in [0.717, 1.165) is 0 Å². The first kappa shape index (κ1) is 4.70. The number of allylic oxidation sites excluding steroid dienone is 1. The summed E-state index contributed by atoms with van der Waals surface area (Å²) in [5, 5.41) is 9.44. The van der Waals surface area contributed by atoms with E-state index in [-0.39, 0.29) is 6.61 Å². The van der Waals surface area contributed by atoms with Crippen LogP contribution in [0.1, 0.15) is 6.92 Å². The summed E-state index contributed by atoms with van der Waals surface area (Å²) in [6, 6.07) is 0. The normalized spacial score (nSPS) is 10.0. The van der Waals surface area contributed by atoms with Crippen LogP contribution >= 0.6 is 0 Å². The van der Waals surface area contributed by atoms with E-state index < -0.39 is 0 Å². The Kier molecular flexibility index (Phi) is 3.48. The van der Waals surface area contributed by atoms with E-state index in [2.05, 4.69) is 0 Å². The van der Waals surface area contributed by atoms with Gasteiger partial charge in [0, 0.05) is 0 Å². The van der Waals surface area contributed by atoms with E-state index in [9.17, 15) is 5.11 Å². The van der Waals surface area contributed by atoms with Crippen molar-refractivity contribution in [3.63, 3.8) is 0 Å². The zero-order valence-electron chi connectivity index (χ0n) is 3.27. The zero-order valence-corrected chi connectivity index (χ0v) is 3.27. The van der Waals surface area contributed by atoms with Crippen molar-refractivity contribution in [3.8, 4) is 0 Å². The SMILES string of the molecule is C/C=C/C[O]. The van der Waals surface area contributed by atoms with Gasteiger partial charge in [-0.1, -0.05) is 12.2 Å². The highest BCUT2D eigenvalue weighted by atomic mass is 16.2. The third-order valence-electron chi connectivity index (χ3n) is 0.332. The van der Waals surface area contributed by atoms with Gasteiger partial charge in [0.05, 0.1) is 0 Å². The number of rotatable bonds is 1. The van der Waals surface area contributed by atoms with Crippen molar-refractivity contribution >= 4 is 0 Å². The summed E-state index contributed by atoms with van der Waals surface area (Å²) in [7, 11) is 0. The Balaban J connectivity index is 2.62. The lowest BCUT2D eigenvalue weighted by Crippen LogP contribution is -1.61. The van der Waals surface area contributed by atoms with Gasteiger partial charge in [-0.2, -0.15) is 0 Å². The van der Waals surface area contributed by atoms with Gasteiger partial charge in [-0.25, -0.2) is 5.11 Å².